The van der Waals surface area contributed by atoms with Crippen LogP contribution in [0.25, 0.3) is 61.0 Å². The van der Waals surface area contributed by atoms with Crippen LogP contribution in [-0.2, 0) is 0 Å². The van der Waals surface area contributed by atoms with Gasteiger partial charge in [0.15, 0.2) is 0 Å². The number of aromatic nitrogens is 6. The van der Waals surface area contributed by atoms with Crippen molar-refractivity contribution in [2.24, 2.45) is 0 Å². The Morgan fingerprint density at radius 3 is 2.23 bits per heavy atom. The minimum Gasteiger partial charge on any atom is -0.278 e. The largest absolute Gasteiger partial charge is 0.278 e. The van der Waals surface area contributed by atoms with E-state index in [2.05, 4.69) is 87.8 Å². The molecular formula is C29H18N6. The Morgan fingerprint density at radius 1 is 0.543 bits per heavy atom. The molecule has 0 radical (unpaired) electrons. The lowest BCUT2D eigenvalue weighted by Crippen LogP contribution is -1.99. The van der Waals surface area contributed by atoms with Crippen molar-refractivity contribution >= 4 is 49.7 Å². The van der Waals surface area contributed by atoms with E-state index in [0.717, 1.165) is 55.6 Å². The Kier molecular flexibility index (Phi) is 3.57. The van der Waals surface area contributed by atoms with Gasteiger partial charge in [-0.15, -0.1) is 15.0 Å². The van der Waals surface area contributed by atoms with Gasteiger partial charge in [0.1, 0.15) is 11.0 Å². The van der Waals surface area contributed by atoms with Crippen molar-refractivity contribution in [1.29, 1.82) is 0 Å². The summed E-state index contributed by atoms with van der Waals surface area (Å²) in [6.07, 6.45) is 0. The molecule has 0 saturated carbocycles. The monoisotopic (exact) mass is 450 g/mol. The zero-order valence-corrected chi connectivity index (χ0v) is 18.6. The topological polar surface area (TPSA) is 52.9 Å². The van der Waals surface area contributed by atoms with E-state index in [1.807, 2.05) is 30.3 Å². The van der Waals surface area contributed by atoms with Gasteiger partial charge < -0.3 is 0 Å². The molecule has 3 aromatic heterocycles. The van der Waals surface area contributed by atoms with Gasteiger partial charge in [-0.2, -0.15) is 0 Å². The number of para-hydroxylation sites is 4. The molecule has 0 bridgehead atoms. The van der Waals surface area contributed by atoms with Gasteiger partial charge in [-0.1, -0.05) is 60.7 Å². The quantitative estimate of drug-likeness (QED) is 0.310. The first-order valence-electron chi connectivity index (χ1n) is 11.6. The molecule has 3 heterocycles. The molecule has 8 aromatic rings. The number of hydrogen-bond donors (Lipinski definition) is 0. The predicted octanol–water partition coefficient (Wildman–Crippen LogP) is 6.32. The summed E-state index contributed by atoms with van der Waals surface area (Å²) < 4.78 is 4.42. The van der Waals surface area contributed by atoms with Crippen molar-refractivity contribution in [2.45, 2.75) is 0 Å². The van der Waals surface area contributed by atoms with Gasteiger partial charge in [-0.25, -0.2) is 4.98 Å². The average molecular weight is 451 g/mol. The van der Waals surface area contributed by atoms with E-state index in [0.29, 0.717) is 0 Å². The summed E-state index contributed by atoms with van der Waals surface area (Å²) in [5, 5.41) is 12.0. The number of nitrogens with zero attached hydrogens (tertiary/aromatic N) is 6. The van der Waals surface area contributed by atoms with Crippen LogP contribution in [0.3, 0.4) is 0 Å². The lowest BCUT2D eigenvalue weighted by atomic mass is 10.1. The smallest absolute Gasteiger partial charge is 0.220 e. The molecule has 0 amide bonds. The molecule has 0 atom stereocenters. The van der Waals surface area contributed by atoms with Gasteiger partial charge >= 0.3 is 0 Å². The van der Waals surface area contributed by atoms with Crippen molar-refractivity contribution < 1.29 is 0 Å². The van der Waals surface area contributed by atoms with Crippen molar-refractivity contribution in [1.82, 2.24) is 28.9 Å². The van der Waals surface area contributed by atoms with Crippen molar-refractivity contribution in [2.75, 3.05) is 0 Å². The second kappa shape index (κ2) is 6.77. The molecule has 6 heteroatoms. The lowest BCUT2D eigenvalue weighted by molar-refractivity contribution is 0.771. The van der Waals surface area contributed by atoms with Gasteiger partial charge in [0, 0.05) is 5.39 Å². The highest BCUT2D eigenvalue weighted by Crippen LogP contribution is 2.30. The van der Waals surface area contributed by atoms with Crippen LogP contribution in [0.2, 0.25) is 0 Å². The van der Waals surface area contributed by atoms with E-state index in [1.165, 1.54) is 5.39 Å². The van der Waals surface area contributed by atoms with E-state index < -0.39 is 0 Å². The van der Waals surface area contributed by atoms with Crippen LogP contribution in [0.4, 0.5) is 0 Å². The summed E-state index contributed by atoms with van der Waals surface area (Å²) >= 11 is 0. The van der Waals surface area contributed by atoms with E-state index in [1.54, 1.807) is 4.80 Å². The highest BCUT2D eigenvalue weighted by atomic mass is 15.5. The van der Waals surface area contributed by atoms with Crippen molar-refractivity contribution in [3.8, 4) is 11.4 Å². The van der Waals surface area contributed by atoms with Gasteiger partial charge in [-0.3, -0.25) is 8.97 Å². The molecule has 5 aromatic carbocycles. The summed E-state index contributed by atoms with van der Waals surface area (Å²) in [4.78, 5) is 6.72. The summed E-state index contributed by atoms with van der Waals surface area (Å²) in [5.74, 6) is 0.883. The lowest BCUT2D eigenvalue weighted by Gasteiger charge is -2.04. The fraction of sp³-hybridized carbons (Fsp3) is 0. The van der Waals surface area contributed by atoms with Gasteiger partial charge in [0.2, 0.25) is 5.78 Å². The molecule has 0 fully saturated rings. The summed E-state index contributed by atoms with van der Waals surface area (Å²) in [7, 11) is 0. The molecule has 0 aliphatic heterocycles. The third kappa shape index (κ3) is 2.56. The Morgan fingerprint density at radius 2 is 1.29 bits per heavy atom. The molecule has 0 aliphatic rings. The third-order valence-electron chi connectivity index (χ3n) is 6.71. The molecule has 0 unspecified atom stereocenters. The Labute approximate surface area is 199 Å². The molecule has 0 aliphatic carbocycles. The zero-order valence-electron chi connectivity index (χ0n) is 18.6. The SMILES string of the molecule is c1ccc2c(-n3nc4ccc(-n5c6ccccc6n6c7ccccc7nc56)cc4n3)cccc2c1. The van der Waals surface area contributed by atoms with Crippen molar-refractivity contribution in [3.63, 3.8) is 0 Å². The van der Waals surface area contributed by atoms with Gasteiger partial charge in [-0.05, 0) is 53.9 Å². The van der Waals surface area contributed by atoms with Gasteiger partial charge in [0.05, 0.1) is 33.4 Å². The molecular weight excluding hydrogens is 432 g/mol. The van der Waals surface area contributed by atoms with E-state index >= 15 is 0 Å². The second-order valence-corrected chi connectivity index (χ2v) is 8.72. The summed E-state index contributed by atoms with van der Waals surface area (Å²) in [5.41, 5.74) is 7.95. The highest BCUT2D eigenvalue weighted by molar-refractivity contribution is 5.93. The normalized spacial score (nSPS) is 12.0. The first kappa shape index (κ1) is 18.5. The maximum Gasteiger partial charge on any atom is 0.220 e. The standard InChI is InChI=1S/C29H18N6/c1-2-10-21-19(8-1)9-7-15-25(21)35-31-22-17-16-20(18-24(22)32-35)33-27-13-5-6-14-28(27)34-26-12-4-3-11-23(26)30-29(33)34/h1-18H. The Balaban J connectivity index is 1.38. The predicted molar refractivity (Wildman–Crippen MR) is 139 cm³/mol. The van der Waals surface area contributed by atoms with Crippen LogP contribution in [0, 0.1) is 0 Å². The number of fused-ring (bicyclic) bond motifs is 7. The zero-order chi connectivity index (χ0) is 22.9. The van der Waals surface area contributed by atoms with Crippen LogP contribution in [0.1, 0.15) is 0 Å². The van der Waals surface area contributed by atoms with Crippen LogP contribution >= 0.6 is 0 Å². The summed E-state index contributed by atoms with van der Waals surface area (Å²) in [6.45, 7) is 0. The maximum atomic E-state index is 4.98. The second-order valence-electron chi connectivity index (χ2n) is 8.72. The maximum absolute atomic E-state index is 4.98. The van der Waals surface area contributed by atoms with Crippen LogP contribution in [-0.4, -0.2) is 28.9 Å². The Bertz CT molecular complexity index is 2070. The molecule has 164 valence electrons. The van der Waals surface area contributed by atoms with Crippen LogP contribution in [0.15, 0.2) is 109 Å². The van der Waals surface area contributed by atoms with Gasteiger partial charge in [0.25, 0.3) is 0 Å². The Hall–Kier alpha value is -4.97. The molecule has 0 saturated heterocycles. The molecule has 35 heavy (non-hydrogen) atoms. The van der Waals surface area contributed by atoms with E-state index in [4.69, 9.17) is 15.2 Å². The molecule has 0 spiro atoms. The fourth-order valence-electron chi connectivity index (χ4n) is 5.14. The molecule has 6 nitrogen and oxygen atoms in total. The minimum absolute atomic E-state index is 0.836. The minimum atomic E-state index is 0.836. The first-order valence-corrected chi connectivity index (χ1v) is 11.6. The third-order valence-corrected chi connectivity index (χ3v) is 6.71. The van der Waals surface area contributed by atoms with Crippen molar-refractivity contribution in [3.05, 3.63) is 109 Å². The number of rotatable bonds is 2. The molecule has 0 N–H and O–H groups in total. The number of imidazole rings is 2. The average Bonchev–Trinajstić information content (AvgIpc) is 3.58. The molecule has 8 rings (SSSR count). The van der Waals surface area contributed by atoms with E-state index in [9.17, 15) is 0 Å². The number of hydrogen-bond acceptors (Lipinski definition) is 3. The number of benzene rings is 5. The van der Waals surface area contributed by atoms with Crippen LogP contribution in [0.5, 0.6) is 0 Å². The summed E-state index contributed by atoms with van der Waals surface area (Å²) in [6, 6.07) is 37.4. The first-order chi connectivity index (χ1) is 17.3. The van der Waals surface area contributed by atoms with E-state index in [-0.39, 0.29) is 0 Å². The fourth-order valence-corrected chi connectivity index (χ4v) is 5.14. The van der Waals surface area contributed by atoms with Crippen LogP contribution < -0.4 is 0 Å². The highest BCUT2D eigenvalue weighted by Gasteiger charge is 2.17.